The van der Waals surface area contributed by atoms with Gasteiger partial charge in [0.15, 0.2) is 0 Å². The van der Waals surface area contributed by atoms with Gasteiger partial charge in [0.2, 0.25) is 0 Å². The van der Waals surface area contributed by atoms with Crippen molar-refractivity contribution in [2.24, 2.45) is 0 Å². The van der Waals surface area contributed by atoms with E-state index < -0.39 is 0 Å². The summed E-state index contributed by atoms with van der Waals surface area (Å²) in [6.45, 7) is 4.27. The smallest absolute Gasteiger partial charge is 0.0708 e. The predicted octanol–water partition coefficient (Wildman–Crippen LogP) is 4.52. The Balaban J connectivity index is 2.16. The third kappa shape index (κ3) is 1.88. The Morgan fingerprint density at radius 3 is 2.33 bits per heavy atom. The molecule has 1 heterocycles. The maximum atomic E-state index is 4.55. The number of fused-ring (bicyclic) bond motifs is 1. The molecule has 0 atom stereocenters. The van der Waals surface area contributed by atoms with Crippen LogP contribution in [0.3, 0.4) is 0 Å². The minimum atomic E-state index is 1.04. The molecular formula is C17H15N. The van der Waals surface area contributed by atoms with Crippen molar-refractivity contribution in [3.05, 3.63) is 65.9 Å². The van der Waals surface area contributed by atoms with Crippen LogP contribution >= 0.6 is 0 Å². The highest BCUT2D eigenvalue weighted by atomic mass is 14.7. The lowest BCUT2D eigenvalue weighted by molar-refractivity contribution is 1.31. The molecule has 1 aromatic heterocycles. The van der Waals surface area contributed by atoms with Gasteiger partial charge >= 0.3 is 0 Å². The minimum Gasteiger partial charge on any atom is -0.256 e. The highest BCUT2D eigenvalue weighted by Crippen LogP contribution is 2.23. The molecule has 0 saturated carbocycles. The zero-order valence-corrected chi connectivity index (χ0v) is 10.6. The first-order valence-corrected chi connectivity index (χ1v) is 6.16. The highest BCUT2D eigenvalue weighted by molar-refractivity contribution is 5.85. The summed E-state index contributed by atoms with van der Waals surface area (Å²) in [6, 6.07) is 17.0. The Labute approximate surface area is 107 Å². The first-order valence-electron chi connectivity index (χ1n) is 6.16. The number of aromatic nitrogens is 1. The molecule has 88 valence electrons. The fourth-order valence-corrected chi connectivity index (χ4v) is 2.14. The van der Waals surface area contributed by atoms with Crippen molar-refractivity contribution in [2.75, 3.05) is 0 Å². The van der Waals surface area contributed by atoms with Gasteiger partial charge in [0.05, 0.1) is 5.69 Å². The van der Waals surface area contributed by atoms with Gasteiger partial charge < -0.3 is 0 Å². The monoisotopic (exact) mass is 233 g/mol. The Morgan fingerprint density at radius 2 is 1.56 bits per heavy atom. The van der Waals surface area contributed by atoms with Gasteiger partial charge in [-0.3, -0.25) is 4.98 Å². The molecular weight excluding hydrogens is 218 g/mol. The number of hydrogen-bond acceptors (Lipinski definition) is 1. The molecule has 0 aliphatic rings. The molecule has 0 spiro atoms. The van der Waals surface area contributed by atoms with Crippen molar-refractivity contribution in [3.63, 3.8) is 0 Å². The maximum absolute atomic E-state index is 4.55. The van der Waals surface area contributed by atoms with Crippen LogP contribution in [0.2, 0.25) is 0 Å². The lowest BCUT2D eigenvalue weighted by atomic mass is 10.0. The van der Waals surface area contributed by atoms with E-state index in [2.05, 4.69) is 61.3 Å². The first-order chi connectivity index (χ1) is 8.74. The van der Waals surface area contributed by atoms with Gasteiger partial charge in [0, 0.05) is 17.1 Å². The topological polar surface area (TPSA) is 12.9 Å². The standard InChI is InChI=1S/C17H15N/c1-12-7-8-15(9-13(12)2)17-10-14-5-3-4-6-16(14)11-18-17/h3-11H,1-2H3. The summed E-state index contributed by atoms with van der Waals surface area (Å²) in [7, 11) is 0. The Morgan fingerprint density at radius 1 is 0.778 bits per heavy atom. The molecule has 1 heteroatoms. The van der Waals surface area contributed by atoms with Crippen molar-refractivity contribution in [1.82, 2.24) is 4.98 Å². The fraction of sp³-hybridized carbons (Fsp3) is 0.118. The van der Waals surface area contributed by atoms with Gasteiger partial charge in [-0.15, -0.1) is 0 Å². The maximum Gasteiger partial charge on any atom is 0.0708 e. The molecule has 0 bridgehead atoms. The summed E-state index contributed by atoms with van der Waals surface area (Å²) in [6.07, 6.45) is 1.94. The number of benzene rings is 2. The van der Waals surface area contributed by atoms with Gasteiger partial charge in [-0.1, -0.05) is 36.4 Å². The zero-order valence-electron chi connectivity index (χ0n) is 10.6. The molecule has 0 amide bonds. The third-order valence-electron chi connectivity index (χ3n) is 3.43. The van der Waals surface area contributed by atoms with E-state index in [1.165, 1.54) is 27.5 Å². The number of pyridine rings is 1. The van der Waals surface area contributed by atoms with Crippen LogP contribution in [0.4, 0.5) is 0 Å². The van der Waals surface area contributed by atoms with E-state index >= 15 is 0 Å². The van der Waals surface area contributed by atoms with Crippen LogP contribution in [0.5, 0.6) is 0 Å². The first kappa shape index (κ1) is 11.0. The van der Waals surface area contributed by atoms with Gasteiger partial charge in [-0.2, -0.15) is 0 Å². The van der Waals surface area contributed by atoms with Crippen molar-refractivity contribution in [1.29, 1.82) is 0 Å². The van der Waals surface area contributed by atoms with Gasteiger partial charge in [0.1, 0.15) is 0 Å². The van der Waals surface area contributed by atoms with Crippen molar-refractivity contribution in [3.8, 4) is 11.3 Å². The van der Waals surface area contributed by atoms with Gasteiger partial charge in [-0.25, -0.2) is 0 Å². The van der Waals surface area contributed by atoms with Crippen LogP contribution in [0, 0.1) is 13.8 Å². The minimum absolute atomic E-state index is 1.04. The van der Waals surface area contributed by atoms with Gasteiger partial charge in [0.25, 0.3) is 0 Å². The van der Waals surface area contributed by atoms with Gasteiger partial charge in [-0.05, 0) is 42.5 Å². The molecule has 1 nitrogen and oxygen atoms in total. The molecule has 0 N–H and O–H groups in total. The summed E-state index contributed by atoms with van der Waals surface area (Å²) in [5, 5.41) is 2.42. The van der Waals surface area contributed by atoms with E-state index in [9.17, 15) is 0 Å². The molecule has 18 heavy (non-hydrogen) atoms. The molecule has 2 aromatic carbocycles. The molecule has 3 aromatic rings. The average molecular weight is 233 g/mol. The highest BCUT2D eigenvalue weighted by Gasteiger charge is 2.02. The summed E-state index contributed by atoms with van der Waals surface area (Å²) < 4.78 is 0. The van der Waals surface area contributed by atoms with Crippen molar-refractivity contribution >= 4 is 10.8 Å². The van der Waals surface area contributed by atoms with E-state index in [0.717, 1.165) is 5.69 Å². The number of rotatable bonds is 1. The van der Waals surface area contributed by atoms with Crippen LogP contribution < -0.4 is 0 Å². The van der Waals surface area contributed by atoms with Crippen LogP contribution in [0.1, 0.15) is 11.1 Å². The van der Waals surface area contributed by atoms with E-state index in [-0.39, 0.29) is 0 Å². The van der Waals surface area contributed by atoms with Crippen molar-refractivity contribution in [2.45, 2.75) is 13.8 Å². The van der Waals surface area contributed by atoms with Crippen LogP contribution in [-0.4, -0.2) is 4.98 Å². The SMILES string of the molecule is Cc1ccc(-c2cc3ccccc3cn2)cc1C. The Hall–Kier alpha value is -2.15. The molecule has 0 aliphatic heterocycles. The number of hydrogen-bond donors (Lipinski definition) is 0. The normalized spacial score (nSPS) is 10.8. The lowest BCUT2D eigenvalue weighted by Crippen LogP contribution is -1.87. The summed E-state index contributed by atoms with van der Waals surface area (Å²) in [5.41, 5.74) is 4.85. The molecule has 0 radical (unpaired) electrons. The fourth-order valence-electron chi connectivity index (χ4n) is 2.14. The number of aryl methyl sites for hydroxylation is 2. The van der Waals surface area contributed by atoms with Crippen LogP contribution in [0.25, 0.3) is 22.0 Å². The summed E-state index contributed by atoms with van der Waals surface area (Å²) >= 11 is 0. The van der Waals surface area contributed by atoms with E-state index in [1.807, 2.05) is 12.3 Å². The number of nitrogens with zero attached hydrogens (tertiary/aromatic N) is 1. The predicted molar refractivity (Wildman–Crippen MR) is 76.7 cm³/mol. The van der Waals surface area contributed by atoms with Crippen LogP contribution in [0.15, 0.2) is 54.7 Å². The summed E-state index contributed by atoms with van der Waals surface area (Å²) in [5.74, 6) is 0. The molecule has 0 aliphatic carbocycles. The molecule has 3 rings (SSSR count). The average Bonchev–Trinajstić information content (AvgIpc) is 2.41. The van der Waals surface area contributed by atoms with Crippen LogP contribution in [-0.2, 0) is 0 Å². The largest absolute Gasteiger partial charge is 0.256 e. The second-order valence-electron chi connectivity index (χ2n) is 4.72. The third-order valence-corrected chi connectivity index (χ3v) is 3.43. The molecule has 0 saturated heterocycles. The lowest BCUT2D eigenvalue weighted by Gasteiger charge is -2.06. The second-order valence-corrected chi connectivity index (χ2v) is 4.72. The second kappa shape index (κ2) is 4.26. The van der Waals surface area contributed by atoms with E-state index in [0.29, 0.717) is 0 Å². The van der Waals surface area contributed by atoms with Crippen molar-refractivity contribution < 1.29 is 0 Å². The molecule has 0 fully saturated rings. The van der Waals surface area contributed by atoms with E-state index in [4.69, 9.17) is 0 Å². The van der Waals surface area contributed by atoms with E-state index in [1.54, 1.807) is 0 Å². The zero-order chi connectivity index (χ0) is 12.5. The Kier molecular flexibility index (Phi) is 2.60. The quantitative estimate of drug-likeness (QED) is 0.602. The summed E-state index contributed by atoms with van der Waals surface area (Å²) in [4.78, 5) is 4.55. The molecule has 0 unspecified atom stereocenters. The Bertz CT molecular complexity index is 714.